The van der Waals surface area contributed by atoms with Crippen LogP contribution in [0.15, 0.2) is 30.3 Å². The van der Waals surface area contributed by atoms with Crippen LogP contribution in [0.5, 0.6) is 0 Å². The molecule has 2 N–H and O–H groups in total. The Morgan fingerprint density at radius 1 is 1.10 bits per heavy atom. The van der Waals surface area contributed by atoms with Crippen molar-refractivity contribution in [2.45, 2.75) is 38.7 Å². The van der Waals surface area contributed by atoms with Crippen LogP contribution in [-0.2, 0) is 5.41 Å². The Morgan fingerprint density at radius 2 is 1.70 bits per heavy atom. The smallest absolute Gasteiger partial charge is 0.0718 e. The highest BCUT2D eigenvalue weighted by molar-refractivity contribution is 5.25. The minimum absolute atomic E-state index is 0.0390. The third-order valence-electron chi connectivity index (χ3n) is 3.67. The highest BCUT2D eigenvalue weighted by Gasteiger charge is 2.29. The van der Waals surface area contributed by atoms with Gasteiger partial charge >= 0.3 is 0 Å². The van der Waals surface area contributed by atoms with E-state index >= 15 is 0 Å². The first kappa shape index (κ1) is 17.2. The molecule has 0 saturated carbocycles. The van der Waals surface area contributed by atoms with Crippen molar-refractivity contribution in [3.8, 4) is 0 Å². The molecular weight excluding hydrogens is 248 g/mol. The summed E-state index contributed by atoms with van der Waals surface area (Å²) in [6, 6.07) is 10.6. The lowest BCUT2D eigenvalue weighted by molar-refractivity contribution is 0.0311. The Balaban J connectivity index is 2.90. The van der Waals surface area contributed by atoms with Gasteiger partial charge in [0, 0.05) is 25.0 Å². The van der Waals surface area contributed by atoms with Crippen molar-refractivity contribution in [1.82, 2.24) is 10.2 Å². The predicted octanol–water partition coefficient (Wildman–Crippen LogP) is 2.26. The van der Waals surface area contributed by atoms with E-state index in [0.29, 0.717) is 6.54 Å². The molecule has 1 rings (SSSR count). The Morgan fingerprint density at radius 3 is 2.15 bits per heavy atom. The normalized spacial score (nSPS) is 15.3. The average molecular weight is 278 g/mol. The Kier molecular flexibility index (Phi) is 6.18. The zero-order valence-corrected chi connectivity index (χ0v) is 13.6. The average Bonchev–Trinajstić information content (AvgIpc) is 2.37. The third-order valence-corrected chi connectivity index (χ3v) is 3.67. The number of hydrogen-bond donors (Lipinski definition) is 2. The first-order valence-electron chi connectivity index (χ1n) is 7.45. The number of likely N-dealkylation sites (N-methyl/N-ethyl adjacent to an activating group) is 2. The highest BCUT2D eigenvalue weighted by Crippen LogP contribution is 2.25. The molecule has 0 amide bonds. The van der Waals surface area contributed by atoms with Crippen LogP contribution in [0.1, 0.15) is 33.3 Å². The van der Waals surface area contributed by atoms with E-state index in [9.17, 15) is 5.11 Å². The predicted molar refractivity (Wildman–Crippen MR) is 86.1 cm³/mol. The molecule has 3 heteroatoms. The largest absolute Gasteiger partial charge is 0.389 e. The van der Waals surface area contributed by atoms with Crippen LogP contribution in [0.4, 0.5) is 0 Å². The maximum Gasteiger partial charge on any atom is 0.0718 e. The van der Waals surface area contributed by atoms with Crippen molar-refractivity contribution < 1.29 is 5.11 Å². The van der Waals surface area contributed by atoms with Crippen molar-refractivity contribution in [3.05, 3.63) is 35.9 Å². The van der Waals surface area contributed by atoms with Gasteiger partial charge < -0.3 is 10.4 Å². The summed E-state index contributed by atoms with van der Waals surface area (Å²) in [5.74, 6) is 0. The number of aliphatic hydroxyl groups is 1. The summed E-state index contributed by atoms with van der Waals surface area (Å²) < 4.78 is 0. The van der Waals surface area contributed by atoms with E-state index in [1.165, 1.54) is 5.56 Å². The van der Waals surface area contributed by atoms with Gasteiger partial charge in [-0.2, -0.15) is 0 Å². The summed E-state index contributed by atoms with van der Waals surface area (Å²) in [6.45, 7) is 11.6. The number of nitrogens with one attached hydrogen (secondary N) is 1. The van der Waals surface area contributed by atoms with E-state index in [1.54, 1.807) is 0 Å². The molecule has 0 aliphatic heterocycles. The van der Waals surface area contributed by atoms with Gasteiger partial charge in [-0.3, -0.25) is 4.90 Å². The lowest BCUT2D eigenvalue weighted by atomic mass is 9.81. The molecule has 3 nitrogen and oxygen atoms in total. The van der Waals surface area contributed by atoms with E-state index in [2.05, 4.69) is 54.4 Å². The molecule has 20 heavy (non-hydrogen) atoms. The second-order valence-corrected chi connectivity index (χ2v) is 6.57. The summed E-state index contributed by atoms with van der Waals surface area (Å²) in [5.41, 5.74) is 0.716. The molecule has 1 atom stereocenters. The third kappa shape index (κ3) is 5.23. The summed E-state index contributed by atoms with van der Waals surface area (Å²) in [6.07, 6.45) is 0. The standard InChI is InChI=1S/C17H30N2O/c1-6-19(13-16(2,3)20)14-17(4,12-18-5)15-10-8-7-9-11-15/h7-11,18,20H,6,12-14H2,1-5H3. The van der Waals surface area contributed by atoms with Gasteiger partial charge in [0.25, 0.3) is 0 Å². The van der Waals surface area contributed by atoms with Gasteiger partial charge in [-0.1, -0.05) is 44.2 Å². The Hall–Kier alpha value is -0.900. The van der Waals surface area contributed by atoms with Crippen molar-refractivity contribution >= 4 is 0 Å². The van der Waals surface area contributed by atoms with Gasteiger partial charge in [0.1, 0.15) is 0 Å². The second kappa shape index (κ2) is 7.21. The molecular formula is C17H30N2O. The Labute approximate surface area is 124 Å². The molecule has 0 spiro atoms. The molecule has 1 aromatic carbocycles. The monoisotopic (exact) mass is 278 g/mol. The fraction of sp³-hybridized carbons (Fsp3) is 0.647. The number of nitrogens with zero attached hydrogens (tertiary/aromatic N) is 1. The molecule has 0 aliphatic carbocycles. The summed E-state index contributed by atoms with van der Waals surface area (Å²) in [7, 11) is 1.99. The lowest BCUT2D eigenvalue weighted by Crippen LogP contribution is -2.48. The fourth-order valence-electron chi connectivity index (χ4n) is 2.80. The molecule has 0 radical (unpaired) electrons. The molecule has 114 valence electrons. The summed E-state index contributed by atoms with van der Waals surface area (Å²) >= 11 is 0. The van der Waals surface area contributed by atoms with Crippen molar-refractivity contribution in [3.63, 3.8) is 0 Å². The minimum Gasteiger partial charge on any atom is -0.389 e. The van der Waals surface area contributed by atoms with Crippen LogP contribution in [0.2, 0.25) is 0 Å². The minimum atomic E-state index is -0.659. The zero-order chi connectivity index (χ0) is 15.2. The highest BCUT2D eigenvalue weighted by atomic mass is 16.3. The quantitative estimate of drug-likeness (QED) is 0.765. The SMILES string of the molecule is CCN(CC(C)(C)O)CC(C)(CNC)c1ccccc1. The van der Waals surface area contributed by atoms with Crippen LogP contribution < -0.4 is 5.32 Å². The van der Waals surface area contributed by atoms with Gasteiger partial charge in [0.2, 0.25) is 0 Å². The van der Waals surface area contributed by atoms with Crippen LogP contribution in [0, 0.1) is 0 Å². The first-order valence-corrected chi connectivity index (χ1v) is 7.45. The Bertz CT molecular complexity index is 386. The lowest BCUT2D eigenvalue weighted by Gasteiger charge is -2.38. The van der Waals surface area contributed by atoms with E-state index < -0.39 is 5.60 Å². The van der Waals surface area contributed by atoms with E-state index in [0.717, 1.165) is 19.6 Å². The fourth-order valence-corrected chi connectivity index (χ4v) is 2.80. The molecule has 1 unspecified atom stereocenters. The van der Waals surface area contributed by atoms with Crippen molar-refractivity contribution in [2.75, 3.05) is 33.2 Å². The molecule has 0 aliphatic rings. The molecule has 0 saturated heterocycles. The van der Waals surface area contributed by atoms with Gasteiger partial charge in [-0.15, -0.1) is 0 Å². The number of rotatable bonds is 8. The summed E-state index contributed by atoms with van der Waals surface area (Å²) in [4.78, 5) is 2.32. The van der Waals surface area contributed by atoms with Crippen molar-refractivity contribution in [2.24, 2.45) is 0 Å². The number of benzene rings is 1. The molecule has 0 heterocycles. The van der Waals surface area contributed by atoms with E-state index in [4.69, 9.17) is 0 Å². The van der Waals surface area contributed by atoms with Gasteiger partial charge in [-0.25, -0.2) is 0 Å². The maximum absolute atomic E-state index is 10.1. The van der Waals surface area contributed by atoms with Crippen LogP contribution in [0.3, 0.4) is 0 Å². The number of hydrogen-bond acceptors (Lipinski definition) is 3. The maximum atomic E-state index is 10.1. The van der Waals surface area contributed by atoms with Crippen LogP contribution >= 0.6 is 0 Å². The van der Waals surface area contributed by atoms with Crippen molar-refractivity contribution in [1.29, 1.82) is 0 Å². The topological polar surface area (TPSA) is 35.5 Å². The molecule has 1 aromatic rings. The van der Waals surface area contributed by atoms with Crippen LogP contribution in [0.25, 0.3) is 0 Å². The molecule has 0 aromatic heterocycles. The van der Waals surface area contributed by atoms with Gasteiger partial charge in [0.05, 0.1) is 5.60 Å². The summed E-state index contributed by atoms with van der Waals surface area (Å²) in [5, 5.41) is 13.4. The molecule has 0 fully saturated rings. The van der Waals surface area contributed by atoms with E-state index in [1.807, 2.05) is 20.9 Å². The first-order chi connectivity index (χ1) is 9.30. The zero-order valence-electron chi connectivity index (χ0n) is 13.6. The van der Waals surface area contributed by atoms with Gasteiger partial charge in [0.15, 0.2) is 0 Å². The molecule has 0 bridgehead atoms. The second-order valence-electron chi connectivity index (χ2n) is 6.57. The van der Waals surface area contributed by atoms with Gasteiger partial charge in [-0.05, 0) is 33.0 Å². The van der Waals surface area contributed by atoms with E-state index in [-0.39, 0.29) is 5.41 Å². The van der Waals surface area contributed by atoms with Crippen LogP contribution in [-0.4, -0.2) is 48.8 Å².